The Morgan fingerprint density at radius 2 is 2.27 bits per heavy atom. The summed E-state index contributed by atoms with van der Waals surface area (Å²) in [6.45, 7) is 2.33. The molecule has 1 atom stereocenters. The van der Waals surface area contributed by atoms with Gasteiger partial charge in [0.2, 0.25) is 5.91 Å². The Balaban J connectivity index is 1.88. The Morgan fingerprint density at radius 1 is 1.53 bits per heavy atom. The minimum Gasteiger partial charge on any atom is -0.447 e. The molecule has 2 amide bonds. The van der Waals surface area contributed by atoms with Gasteiger partial charge in [0, 0.05) is 6.42 Å². The lowest BCUT2D eigenvalue weighted by Gasteiger charge is -2.17. The molecule has 1 aliphatic heterocycles. The molecule has 15 heavy (non-hydrogen) atoms. The topological polar surface area (TPSA) is 46.6 Å². The van der Waals surface area contributed by atoms with Crippen LogP contribution < -0.4 is 0 Å². The number of cyclic esters (lactones) is 1. The summed E-state index contributed by atoms with van der Waals surface area (Å²) in [4.78, 5) is 24.4. The van der Waals surface area contributed by atoms with Crippen molar-refractivity contribution in [2.24, 2.45) is 5.92 Å². The standard InChI is InChI=1S/C11H17NO3/c1-2-9-7-15-11(14)12(9)10(13)6-5-8-3-4-8/h8-9H,2-7H2,1H3/t9-/m0/s1. The Morgan fingerprint density at radius 3 is 2.87 bits per heavy atom. The monoisotopic (exact) mass is 211 g/mol. The maximum absolute atomic E-state index is 11.8. The van der Waals surface area contributed by atoms with Crippen molar-refractivity contribution in [3.63, 3.8) is 0 Å². The average Bonchev–Trinajstić information content (AvgIpc) is 2.98. The maximum atomic E-state index is 11.8. The highest BCUT2D eigenvalue weighted by molar-refractivity contribution is 5.93. The number of carbonyl (C=O) groups is 2. The molecule has 1 heterocycles. The number of nitrogens with zero attached hydrogens (tertiary/aromatic N) is 1. The number of carbonyl (C=O) groups excluding carboxylic acids is 2. The van der Waals surface area contributed by atoms with E-state index in [1.54, 1.807) is 0 Å². The van der Waals surface area contributed by atoms with E-state index in [1.165, 1.54) is 17.7 Å². The summed E-state index contributed by atoms with van der Waals surface area (Å²) in [5, 5.41) is 0. The van der Waals surface area contributed by atoms with Crippen LogP contribution in [0.1, 0.15) is 39.0 Å². The van der Waals surface area contributed by atoms with E-state index in [4.69, 9.17) is 4.74 Å². The zero-order chi connectivity index (χ0) is 10.8. The van der Waals surface area contributed by atoms with E-state index >= 15 is 0 Å². The first kappa shape index (κ1) is 10.5. The van der Waals surface area contributed by atoms with E-state index in [9.17, 15) is 9.59 Å². The van der Waals surface area contributed by atoms with Gasteiger partial charge in [0.1, 0.15) is 6.61 Å². The second kappa shape index (κ2) is 4.21. The molecule has 0 N–H and O–H groups in total. The van der Waals surface area contributed by atoms with Crippen LogP contribution >= 0.6 is 0 Å². The van der Waals surface area contributed by atoms with Crippen molar-refractivity contribution in [2.75, 3.05) is 6.61 Å². The van der Waals surface area contributed by atoms with Crippen molar-refractivity contribution in [2.45, 2.75) is 45.1 Å². The molecule has 1 saturated carbocycles. The van der Waals surface area contributed by atoms with Crippen LogP contribution in [0.4, 0.5) is 4.79 Å². The molecular formula is C11H17NO3. The molecule has 0 aromatic rings. The van der Waals surface area contributed by atoms with Gasteiger partial charge in [0.25, 0.3) is 0 Å². The Kier molecular flexibility index (Phi) is 2.93. The molecule has 4 nitrogen and oxygen atoms in total. The van der Waals surface area contributed by atoms with Gasteiger partial charge in [-0.25, -0.2) is 9.69 Å². The summed E-state index contributed by atoms with van der Waals surface area (Å²) in [7, 11) is 0. The summed E-state index contributed by atoms with van der Waals surface area (Å²) < 4.78 is 4.88. The third-order valence-electron chi connectivity index (χ3n) is 3.16. The van der Waals surface area contributed by atoms with Gasteiger partial charge in [0.15, 0.2) is 0 Å². The molecule has 0 aromatic carbocycles. The van der Waals surface area contributed by atoms with E-state index < -0.39 is 6.09 Å². The lowest BCUT2D eigenvalue weighted by molar-refractivity contribution is -0.129. The Hall–Kier alpha value is -1.06. The fourth-order valence-corrected chi connectivity index (χ4v) is 1.92. The summed E-state index contributed by atoms with van der Waals surface area (Å²) in [6, 6.07) is -0.0378. The van der Waals surface area contributed by atoms with Crippen molar-refractivity contribution in [3.05, 3.63) is 0 Å². The first-order valence-electron chi connectivity index (χ1n) is 5.71. The van der Waals surface area contributed by atoms with Gasteiger partial charge < -0.3 is 4.74 Å². The lowest BCUT2D eigenvalue weighted by atomic mass is 10.1. The quantitative estimate of drug-likeness (QED) is 0.713. The molecule has 1 aliphatic carbocycles. The van der Waals surface area contributed by atoms with Crippen LogP contribution in [0.25, 0.3) is 0 Å². The van der Waals surface area contributed by atoms with Gasteiger partial charge in [0.05, 0.1) is 6.04 Å². The van der Waals surface area contributed by atoms with E-state index in [0.717, 1.165) is 18.8 Å². The molecule has 4 heteroatoms. The highest BCUT2D eigenvalue weighted by Gasteiger charge is 2.36. The molecule has 2 rings (SSSR count). The number of imide groups is 1. The molecule has 1 saturated heterocycles. The predicted octanol–water partition coefficient (Wildman–Crippen LogP) is 1.93. The highest BCUT2D eigenvalue weighted by atomic mass is 16.6. The van der Waals surface area contributed by atoms with E-state index in [1.807, 2.05) is 6.92 Å². The van der Waals surface area contributed by atoms with E-state index in [0.29, 0.717) is 13.0 Å². The predicted molar refractivity (Wildman–Crippen MR) is 54.2 cm³/mol. The zero-order valence-electron chi connectivity index (χ0n) is 9.07. The minimum absolute atomic E-state index is 0.0378. The Bertz CT molecular complexity index is 273. The number of amides is 2. The number of hydrogen-bond donors (Lipinski definition) is 0. The Labute approximate surface area is 89.6 Å². The van der Waals surface area contributed by atoms with Gasteiger partial charge in [-0.1, -0.05) is 19.8 Å². The van der Waals surface area contributed by atoms with E-state index in [2.05, 4.69) is 0 Å². The van der Waals surface area contributed by atoms with Crippen molar-refractivity contribution in [1.29, 1.82) is 0 Å². The van der Waals surface area contributed by atoms with Gasteiger partial charge in [-0.2, -0.15) is 0 Å². The number of ether oxygens (including phenoxy) is 1. The van der Waals surface area contributed by atoms with Gasteiger partial charge in [-0.15, -0.1) is 0 Å². The molecule has 0 radical (unpaired) electrons. The van der Waals surface area contributed by atoms with E-state index in [-0.39, 0.29) is 11.9 Å². The molecule has 0 unspecified atom stereocenters. The number of hydrogen-bond acceptors (Lipinski definition) is 3. The summed E-state index contributed by atoms with van der Waals surface area (Å²) in [5.74, 6) is 0.670. The maximum Gasteiger partial charge on any atom is 0.416 e. The van der Waals surface area contributed by atoms with Crippen LogP contribution in [0.3, 0.4) is 0 Å². The zero-order valence-corrected chi connectivity index (χ0v) is 9.07. The fraction of sp³-hybridized carbons (Fsp3) is 0.818. The van der Waals surface area contributed by atoms with Crippen molar-refractivity contribution in [1.82, 2.24) is 4.90 Å². The fourth-order valence-electron chi connectivity index (χ4n) is 1.92. The molecule has 2 fully saturated rings. The summed E-state index contributed by atoms with van der Waals surface area (Å²) in [5.41, 5.74) is 0. The van der Waals surface area contributed by atoms with Gasteiger partial charge in [-0.05, 0) is 18.8 Å². The lowest BCUT2D eigenvalue weighted by Crippen LogP contribution is -2.38. The van der Waals surface area contributed by atoms with Crippen LogP contribution in [0, 0.1) is 5.92 Å². The summed E-state index contributed by atoms with van der Waals surface area (Å²) >= 11 is 0. The first-order valence-corrected chi connectivity index (χ1v) is 5.71. The summed E-state index contributed by atoms with van der Waals surface area (Å²) in [6.07, 6.45) is 4.24. The highest BCUT2D eigenvalue weighted by Crippen LogP contribution is 2.34. The SMILES string of the molecule is CC[C@H]1COC(=O)N1C(=O)CCC1CC1. The second-order valence-corrected chi connectivity index (χ2v) is 4.38. The molecular weight excluding hydrogens is 194 g/mol. The third-order valence-corrected chi connectivity index (χ3v) is 3.16. The molecule has 0 bridgehead atoms. The minimum atomic E-state index is -0.456. The average molecular weight is 211 g/mol. The third kappa shape index (κ3) is 2.30. The van der Waals surface area contributed by atoms with Crippen LogP contribution in [-0.2, 0) is 9.53 Å². The van der Waals surface area contributed by atoms with Gasteiger partial charge in [-0.3, -0.25) is 4.79 Å². The van der Waals surface area contributed by atoms with Crippen molar-refractivity contribution < 1.29 is 14.3 Å². The first-order chi connectivity index (χ1) is 7.22. The largest absolute Gasteiger partial charge is 0.447 e. The van der Waals surface area contributed by atoms with Crippen molar-refractivity contribution >= 4 is 12.0 Å². The van der Waals surface area contributed by atoms with Crippen LogP contribution in [-0.4, -0.2) is 29.5 Å². The molecule has 84 valence electrons. The molecule has 2 aliphatic rings. The number of rotatable bonds is 4. The van der Waals surface area contributed by atoms with Crippen LogP contribution in [0.15, 0.2) is 0 Å². The normalized spacial score (nSPS) is 25.5. The molecule has 0 spiro atoms. The second-order valence-electron chi connectivity index (χ2n) is 4.38. The van der Waals surface area contributed by atoms with Gasteiger partial charge >= 0.3 is 6.09 Å². The molecule has 0 aromatic heterocycles. The van der Waals surface area contributed by atoms with Crippen LogP contribution in [0.2, 0.25) is 0 Å². The smallest absolute Gasteiger partial charge is 0.416 e. The van der Waals surface area contributed by atoms with Crippen LogP contribution in [0.5, 0.6) is 0 Å². The van der Waals surface area contributed by atoms with Crippen molar-refractivity contribution in [3.8, 4) is 0 Å².